The van der Waals surface area contributed by atoms with Gasteiger partial charge in [-0.15, -0.1) is 11.3 Å². The number of furan rings is 2. The maximum Gasteiger partial charge on any atom is 0.159 e. The number of benzene rings is 8. The topological polar surface area (TPSA) is 29.5 Å². The zero-order chi connectivity index (χ0) is 34.2. The summed E-state index contributed by atoms with van der Waals surface area (Å²) in [6.45, 7) is 0. The van der Waals surface area contributed by atoms with Gasteiger partial charge in [-0.2, -0.15) is 0 Å². The van der Waals surface area contributed by atoms with Crippen molar-refractivity contribution in [2.75, 3.05) is 4.90 Å². The Morgan fingerprint density at radius 2 is 1.02 bits per heavy atom. The molecule has 11 rings (SSSR count). The molecule has 4 heteroatoms. The summed E-state index contributed by atoms with van der Waals surface area (Å²) in [7, 11) is 0. The minimum atomic E-state index is 0.843. The maximum atomic E-state index is 7.05. The van der Waals surface area contributed by atoms with E-state index in [1.807, 2.05) is 23.5 Å². The van der Waals surface area contributed by atoms with Gasteiger partial charge in [-0.05, 0) is 59.2 Å². The van der Waals surface area contributed by atoms with E-state index < -0.39 is 0 Å². The summed E-state index contributed by atoms with van der Waals surface area (Å²) in [5.74, 6) is 0. The average Bonchev–Trinajstić information content (AvgIpc) is 3.91. The van der Waals surface area contributed by atoms with Crippen molar-refractivity contribution in [2.24, 2.45) is 0 Å². The van der Waals surface area contributed by atoms with E-state index in [1.165, 1.54) is 31.3 Å². The first-order valence-electron chi connectivity index (χ1n) is 17.5. The molecule has 0 saturated heterocycles. The van der Waals surface area contributed by atoms with Gasteiger partial charge in [0.25, 0.3) is 0 Å². The van der Waals surface area contributed by atoms with Crippen molar-refractivity contribution in [2.45, 2.75) is 0 Å². The van der Waals surface area contributed by atoms with Gasteiger partial charge < -0.3 is 13.7 Å². The first-order chi connectivity index (χ1) is 25.8. The van der Waals surface area contributed by atoms with E-state index in [2.05, 4.69) is 169 Å². The van der Waals surface area contributed by atoms with Gasteiger partial charge in [0.15, 0.2) is 5.58 Å². The van der Waals surface area contributed by atoms with Crippen molar-refractivity contribution < 1.29 is 8.83 Å². The van der Waals surface area contributed by atoms with Crippen LogP contribution in [-0.2, 0) is 0 Å². The minimum Gasteiger partial charge on any atom is -0.456 e. The van der Waals surface area contributed by atoms with E-state index in [4.69, 9.17) is 8.83 Å². The van der Waals surface area contributed by atoms with Gasteiger partial charge in [0.05, 0.1) is 27.1 Å². The van der Waals surface area contributed by atoms with Crippen LogP contribution in [0.3, 0.4) is 0 Å². The highest BCUT2D eigenvalue weighted by Gasteiger charge is 2.26. The fourth-order valence-electron chi connectivity index (χ4n) is 7.93. The molecule has 0 radical (unpaired) electrons. The summed E-state index contributed by atoms with van der Waals surface area (Å²) in [6.07, 6.45) is 0. The second kappa shape index (κ2) is 11.5. The van der Waals surface area contributed by atoms with Crippen LogP contribution in [0.2, 0.25) is 0 Å². The fourth-order valence-corrected chi connectivity index (χ4v) is 9.11. The molecule has 0 unspecified atom stereocenters. The third kappa shape index (κ3) is 4.38. The third-order valence-electron chi connectivity index (χ3n) is 10.3. The molecule has 3 nitrogen and oxygen atoms in total. The Hall–Kier alpha value is -6.62. The molecule has 3 aromatic heterocycles. The summed E-state index contributed by atoms with van der Waals surface area (Å²) in [5, 5.41) is 6.81. The standard InChI is InChI=1S/C48H29NO2S/c1-3-13-30(14-4-1)32-27-28-44-38(29-32)36-21-11-24-41(48(36)52-44)49(39-22-12-26-43-45(39)37-17-7-8-25-42(37)50-43)40-23-10-20-35-34-19-9-18-33(46(34)51-47(35)40)31-15-5-2-6-16-31/h1-29H. The average molecular weight is 684 g/mol. The highest BCUT2D eigenvalue weighted by atomic mass is 32.1. The molecule has 0 aliphatic carbocycles. The predicted molar refractivity (Wildman–Crippen MR) is 219 cm³/mol. The van der Waals surface area contributed by atoms with Crippen LogP contribution in [0.15, 0.2) is 185 Å². The summed E-state index contributed by atoms with van der Waals surface area (Å²) in [6, 6.07) is 62.3. The summed E-state index contributed by atoms with van der Waals surface area (Å²) >= 11 is 1.84. The molecule has 0 spiro atoms. The van der Waals surface area contributed by atoms with Crippen LogP contribution in [0.5, 0.6) is 0 Å². The number of fused-ring (bicyclic) bond motifs is 9. The minimum absolute atomic E-state index is 0.843. The molecule has 3 heterocycles. The lowest BCUT2D eigenvalue weighted by molar-refractivity contribution is 0.668. The zero-order valence-electron chi connectivity index (χ0n) is 27.9. The van der Waals surface area contributed by atoms with Crippen molar-refractivity contribution in [3.05, 3.63) is 176 Å². The SMILES string of the molecule is c1ccc(-c2ccc3sc4c(N(c5cccc6c5oc5c(-c7ccccc7)cccc56)c5cccc6oc7ccccc7c56)cccc4c3c2)cc1. The van der Waals surface area contributed by atoms with Gasteiger partial charge in [-0.25, -0.2) is 0 Å². The van der Waals surface area contributed by atoms with Crippen molar-refractivity contribution in [1.82, 2.24) is 0 Å². The van der Waals surface area contributed by atoms with Gasteiger partial charge in [-0.1, -0.05) is 133 Å². The number of hydrogen-bond donors (Lipinski definition) is 0. The lowest BCUT2D eigenvalue weighted by Crippen LogP contribution is -2.10. The molecule has 0 N–H and O–H groups in total. The van der Waals surface area contributed by atoms with E-state index in [1.54, 1.807) is 0 Å². The van der Waals surface area contributed by atoms with Crippen LogP contribution in [0.4, 0.5) is 17.1 Å². The molecule has 0 aliphatic rings. The summed E-state index contributed by atoms with van der Waals surface area (Å²) in [4.78, 5) is 2.40. The highest BCUT2D eigenvalue weighted by molar-refractivity contribution is 7.26. The van der Waals surface area contributed by atoms with Crippen LogP contribution in [-0.4, -0.2) is 0 Å². The Kier molecular flexibility index (Phi) is 6.42. The van der Waals surface area contributed by atoms with Crippen LogP contribution in [0, 0.1) is 0 Å². The van der Waals surface area contributed by atoms with Crippen LogP contribution in [0.1, 0.15) is 0 Å². The van der Waals surface area contributed by atoms with Crippen LogP contribution >= 0.6 is 11.3 Å². The van der Waals surface area contributed by atoms with Crippen LogP contribution < -0.4 is 4.90 Å². The Bertz CT molecular complexity index is 3130. The lowest BCUT2D eigenvalue weighted by Gasteiger charge is -2.26. The first-order valence-corrected chi connectivity index (χ1v) is 18.3. The van der Waals surface area contributed by atoms with Gasteiger partial charge in [0, 0.05) is 37.2 Å². The first kappa shape index (κ1) is 29.1. The highest BCUT2D eigenvalue weighted by Crippen LogP contribution is 2.51. The Morgan fingerprint density at radius 1 is 0.385 bits per heavy atom. The third-order valence-corrected chi connectivity index (χ3v) is 11.5. The monoisotopic (exact) mass is 683 g/mol. The number of thiophene rings is 1. The van der Waals surface area contributed by atoms with E-state index in [0.717, 1.165) is 72.1 Å². The molecule has 0 atom stereocenters. The van der Waals surface area contributed by atoms with Gasteiger partial charge >= 0.3 is 0 Å². The van der Waals surface area contributed by atoms with Gasteiger partial charge in [-0.3, -0.25) is 0 Å². The molecule has 0 amide bonds. The molecular formula is C48H29NO2S. The van der Waals surface area contributed by atoms with Crippen molar-refractivity contribution in [3.63, 3.8) is 0 Å². The molecule has 0 bridgehead atoms. The lowest BCUT2D eigenvalue weighted by atomic mass is 10.0. The Morgan fingerprint density at radius 3 is 1.87 bits per heavy atom. The van der Waals surface area contributed by atoms with E-state index in [-0.39, 0.29) is 0 Å². The van der Waals surface area contributed by atoms with E-state index in [9.17, 15) is 0 Å². The second-order valence-electron chi connectivity index (χ2n) is 13.2. The smallest absolute Gasteiger partial charge is 0.159 e. The van der Waals surface area contributed by atoms with E-state index in [0.29, 0.717) is 0 Å². The van der Waals surface area contributed by atoms with Crippen molar-refractivity contribution in [3.8, 4) is 22.3 Å². The number of nitrogens with zero attached hydrogens (tertiary/aromatic N) is 1. The molecular weight excluding hydrogens is 655 g/mol. The molecule has 52 heavy (non-hydrogen) atoms. The molecule has 11 aromatic rings. The van der Waals surface area contributed by atoms with Crippen molar-refractivity contribution >= 4 is 92.4 Å². The molecule has 0 saturated carbocycles. The normalized spacial score (nSPS) is 11.8. The largest absolute Gasteiger partial charge is 0.456 e. The predicted octanol–water partition coefficient (Wildman–Crippen LogP) is 14.7. The molecule has 0 aliphatic heterocycles. The summed E-state index contributed by atoms with van der Waals surface area (Å²) < 4.78 is 16.0. The van der Waals surface area contributed by atoms with Gasteiger partial charge in [0.1, 0.15) is 16.7 Å². The van der Waals surface area contributed by atoms with Crippen LogP contribution in [0.25, 0.3) is 86.3 Å². The Balaban J connectivity index is 1.23. The molecule has 0 fully saturated rings. The fraction of sp³-hybridized carbons (Fsp3) is 0. The zero-order valence-corrected chi connectivity index (χ0v) is 28.7. The van der Waals surface area contributed by atoms with Crippen molar-refractivity contribution in [1.29, 1.82) is 0 Å². The summed E-state index contributed by atoms with van der Waals surface area (Å²) in [5.41, 5.74) is 11.2. The quantitative estimate of drug-likeness (QED) is 0.181. The number of rotatable bonds is 5. The van der Waals surface area contributed by atoms with E-state index >= 15 is 0 Å². The maximum absolute atomic E-state index is 7.05. The van der Waals surface area contributed by atoms with Gasteiger partial charge in [0.2, 0.25) is 0 Å². The number of anilines is 3. The number of para-hydroxylation sites is 3. The molecule has 244 valence electrons. The Labute approximate surface area is 303 Å². The second-order valence-corrected chi connectivity index (χ2v) is 14.3. The molecule has 8 aromatic carbocycles. The number of hydrogen-bond acceptors (Lipinski definition) is 4.